The normalized spacial score (nSPS) is 25.4. The van der Waals surface area contributed by atoms with E-state index < -0.39 is 0 Å². The van der Waals surface area contributed by atoms with Crippen LogP contribution in [0.1, 0.15) is 49.6 Å². The molecule has 1 aromatic heterocycles. The van der Waals surface area contributed by atoms with Gasteiger partial charge in [-0.05, 0) is 44.4 Å². The van der Waals surface area contributed by atoms with Crippen LogP contribution in [-0.2, 0) is 22.4 Å². The third kappa shape index (κ3) is 3.38. The van der Waals surface area contributed by atoms with Gasteiger partial charge in [-0.3, -0.25) is 4.79 Å². The van der Waals surface area contributed by atoms with Crippen LogP contribution in [0.25, 0.3) is 0 Å². The van der Waals surface area contributed by atoms with Gasteiger partial charge in [-0.1, -0.05) is 6.92 Å². The standard InChI is InChI=1S/C15H22N2O2S/c1-10-4-6-12-13(9-10)20-15(16-12)17-14(18)7-5-11-3-2-8-19-11/h10-11H,2-9H2,1H3,(H,16,17,18)/t10-,11-/m0/s1. The first-order chi connectivity index (χ1) is 9.70. The van der Waals surface area contributed by atoms with E-state index in [0.717, 1.165) is 49.8 Å². The van der Waals surface area contributed by atoms with E-state index in [1.54, 1.807) is 11.3 Å². The Morgan fingerprint density at radius 2 is 2.40 bits per heavy atom. The van der Waals surface area contributed by atoms with Crippen molar-refractivity contribution in [3.63, 3.8) is 0 Å². The molecule has 0 spiro atoms. The largest absolute Gasteiger partial charge is 0.378 e. The smallest absolute Gasteiger partial charge is 0.226 e. The van der Waals surface area contributed by atoms with Gasteiger partial charge in [-0.15, -0.1) is 11.3 Å². The number of fused-ring (bicyclic) bond motifs is 1. The molecule has 1 amide bonds. The van der Waals surface area contributed by atoms with Crippen LogP contribution in [0.15, 0.2) is 0 Å². The van der Waals surface area contributed by atoms with E-state index >= 15 is 0 Å². The lowest BCUT2D eigenvalue weighted by Crippen LogP contribution is -2.15. The van der Waals surface area contributed by atoms with Crippen LogP contribution in [0, 0.1) is 5.92 Å². The summed E-state index contributed by atoms with van der Waals surface area (Å²) in [7, 11) is 0. The third-order valence-corrected chi connectivity index (χ3v) is 5.19. The summed E-state index contributed by atoms with van der Waals surface area (Å²) in [4.78, 5) is 17.9. The monoisotopic (exact) mass is 294 g/mol. The van der Waals surface area contributed by atoms with Crippen LogP contribution in [0.5, 0.6) is 0 Å². The Kier molecular flexibility index (Phi) is 4.36. The zero-order chi connectivity index (χ0) is 13.9. The molecule has 1 aliphatic carbocycles. The Balaban J connectivity index is 1.51. The summed E-state index contributed by atoms with van der Waals surface area (Å²) in [6.45, 7) is 3.13. The van der Waals surface area contributed by atoms with Gasteiger partial charge in [-0.25, -0.2) is 4.98 Å². The number of nitrogens with zero attached hydrogens (tertiary/aromatic N) is 1. The van der Waals surface area contributed by atoms with E-state index in [2.05, 4.69) is 17.2 Å². The maximum absolute atomic E-state index is 11.9. The first-order valence-electron chi connectivity index (χ1n) is 7.60. The van der Waals surface area contributed by atoms with E-state index in [9.17, 15) is 4.79 Å². The number of carbonyl (C=O) groups excluding carboxylic acids is 1. The molecule has 110 valence electrons. The lowest BCUT2D eigenvalue weighted by Gasteiger charge is -2.15. The van der Waals surface area contributed by atoms with Crippen molar-refractivity contribution in [2.45, 2.75) is 58.0 Å². The summed E-state index contributed by atoms with van der Waals surface area (Å²) in [6.07, 6.45) is 7.24. The van der Waals surface area contributed by atoms with Gasteiger partial charge < -0.3 is 10.1 Å². The lowest BCUT2D eigenvalue weighted by atomic mass is 9.93. The number of thiazole rings is 1. The van der Waals surface area contributed by atoms with Gasteiger partial charge in [0, 0.05) is 17.9 Å². The molecular formula is C15H22N2O2S. The molecule has 2 aliphatic rings. The number of aryl methyl sites for hydroxylation is 1. The summed E-state index contributed by atoms with van der Waals surface area (Å²) >= 11 is 1.65. The first-order valence-corrected chi connectivity index (χ1v) is 8.42. The van der Waals surface area contributed by atoms with Gasteiger partial charge in [0.15, 0.2) is 5.13 Å². The predicted octanol–water partition coefficient (Wildman–Crippen LogP) is 3.17. The van der Waals surface area contributed by atoms with Gasteiger partial charge in [-0.2, -0.15) is 0 Å². The van der Waals surface area contributed by atoms with E-state index in [-0.39, 0.29) is 12.0 Å². The second-order valence-corrected chi connectivity index (χ2v) is 7.04. The molecule has 1 N–H and O–H groups in total. The molecule has 1 aromatic rings. The molecule has 1 fully saturated rings. The number of nitrogens with one attached hydrogen (secondary N) is 1. The molecule has 3 rings (SSSR count). The molecule has 2 atom stereocenters. The minimum atomic E-state index is 0.0691. The van der Waals surface area contributed by atoms with Crippen molar-refractivity contribution in [2.75, 3.05) is 11.9 Å². The molecule has 0 bridgehead atoms. The van der Waals surface area contributed by atoms with Crippen LogP contribution < -0.4 is 5.32 Å². The van der Waals surface area contributed by atoms with Crippen molar-refractivity contribution in [1.82, 2.24) is 4.98 Å². The number of hydrogen-bond donors (Lipinski definition) is 1. The second kappa shape index (κ2) is 6.22. The van der Waals surface area contributed by atoms with Gasteiger partial charge in [0.25, 0.3) is 0 Å². The van der Waals surface area contributed by atoms with Crippen molar-refractivity contribution < 1.29 is 9.53 Å². The summed E-state index contributed by atoms with van der Waals surface area (Å²) in [5.41, 5.74) is 1.20. The molecule has 2 heterocycles. The number of carbonyl (C=O) groups is 1. The average molecular weight is 294 g/mol. The molecule has 1 saturated heterocycles. The van der Waals surface area contributed by atoms with Gasteiger partial charge in [0.2, 0.25) is 5.91 Å². The quantitative estimate of drug-likeness (QED) is 0.928. The van der Waals surface area contributed by atoms with Gasteiger partial charge >= 0.3 is 0 Å². The highest BCUT2D eigenvalue weighted by Gasteiger charge is 2.21. The van der Waals surface area contributed by atoms with E-state index in [1.165, 1.54) is 17.0 Å². The van der Waals surface area contributed by atoms with Gasteiger partial charge in [0.1, 0.15) is 0 Å². The number of rotatable bonds is 4. The minimum absolute atomic E-state index is 0.0691. The maximum atomic E-state index is 11.9. The maximum Gasteiger partial charge on any atom is 0.226 e. The molecule has 4 nitrogen and oxygen atoms in total. The van der Waals surface area contributed by atoms with Crippen molar-refractivity contribution in [1.29, 1.82) is 0 Å². The summed E-state index contributed by atoms with van der Waals surface area (Å²) in [5, 5.41) is 3.73. The number of hydrogen-bond acceptors (Lipinski definition) is 4. The number of ether oxygens (including phenoxy) is 1. The summed E-state index contributed by atoms with van der Waals surface area (Å²) in [6, 6.07) is 0. The third-order valence-electron chi connectivity index (χ3n) is 4.15. The zero-order valence-electron chi connectivity index (χ0n) is 12.0. The Labute approximate surface area is 123 Å². The Hall–Kier alpha value is -0.940. The molecule has 0 unspecified atom stereocenters. The topological polar surface area (TPSA) is 51.2 Å². The van der Waals surface area contributed by atoms with E-state index in [4.69, 9.17) is 4.74 Å². The van der Waals surface area contributed by atoms with Crippen LogP contribution >= 0.6 is 11.3 Å². The number of amides is 1. The summed E-state index contributed by atoms with van der Waals surface area (Å²) < 4.78 is 5.54. The number of aromatic nitrogens is 1. The minimum Gasteiger partial charge on any atom is -0.378 e. The van der Waals surface area contributed by atoms with Crippen molar-refractivity contribution in [3.05, 3.63) is 10.6 Å². The van der Waals surface area contributed by atoms with Crippen LogP contribution in [0.3, 0.4) is 0 Å². The second-order valence-electron chi connectivity index (χ2n) is 5.96. The highest BCUT2D eigenvalue weighted by molar-refractivity contribution is 7.15. The molecule has 20 heavy (non-hydrogen) atoms. The summed E-state index contributed by atoms with van der Waals surface area (Å²) in [5.74, 6) is 0.811. The SMILES string of the molecule is C[C@H]1CCc2nc(NC(=O)CC[C@@H]3CCCO3)sc2C1. The number of anilines is 1. The van der Waals surface area contributed by atoms with E-state index in [0.29, 0.717) is 6.42 Å². The Morgan fingerprint density at radius 1 is 1.50 bits per heavy atom. The molecule has 5 heteroatoms. The average Bonchev–Trinajstić information content (AvgIpc) is 3.04. The van der Waals surface area contributed by atoms with Crippen molar-refractivity contribution in [2.24, 2.45) is 5.92 Å². The lowest BCUT2D eigenvalue weighted by molar-refractivity contribution is -0.116. The highest BCUT2D eigenvalue weighted by Crippen LogP contribution is 2.32. The molecule has 0 saturated carbocycles. The van der Waals surface area contributed by atoms with Crippen LogP contribution in [-0.4, -0.2) is 23.6 Å². The van der Waals surface area contributed by atoms with Crippen molar-refractivity contribution >= 4 is 22.4 Å². The molecule has 0 radical (unpaired) electrons. The fourth-order valence-electron chi connectivity index (χ4n) is 2.94. The Bertz CT molecular complexity index is 480. The fourth-order valence-corrected chi connectivity index (χ4v) is 4.13. The van der Waals surface area contributed by atoms with Crippen LogP contribution in [0.4, 0.5) is 5.13 Å². The first kappa shape index (κ1) is 14.0. The Morgan fingerprint density at radius 3 is 3.20 bits per heavy atom. The van der Waals surface area contributed by atoms with Crippen LogP contribution in [0.2, 0.25) is 0 Å². The predicted molar refractivity (Wildman–Crippen MR) is 80.1 cm³/mol. The molecule has 0 aromatic carbocycles. The van der Waals surface area contributed by atoms with E-state index in [1.807, 2.05) is 0 Å². The zero-order valence-corrected chi connectivity index (χ0v) is 12.8. The molecular weight excluding hydrogens is 272 g/mol. The van der Waals surface area contributed by atoms with Gasteiger partial charge in [0.05, 0.1) is 11.8 Å². The fraction of sp³-hybridized carbons (Fsp3) is 0.733. The highest BCUT2D eigenvalue weighted by atomic mass is 32.1. The van der Waals surface area contributed by atoms with Crippen molar-refractivity contribution in [3.8, 4) is 0 Å². The molecule has 1 aliphatic heterocycles.